The molecule has 5 aromatic rings. The van der Waals surface area contributed by atoms with Crippen molar-refractivity contribution in [3.05, 3.63) is 95.2 Å². The van der Waals surface area contributed by atoms with E-state index in [2.05, 4.69) is 36.3 Å². The first kappa shape index (κ1) is 22.0. The van der Waals surface area contributed by atoms with Gasteiger partial charge in [0.05, 0.1) is 0 Å². The van der Waals surface area contributed by atoms with E-state index in [0.29, 0.717) is 28.3 Å². The van der Waals surface area contributed by atoms with Crippen molar-refractivity contribution < 1.29 is 13.6 Å². The fraction of sp³-hybridized carbons (Fsp3) is 0.143. The Morgan fingerprint density at radius 1 is 0.971 bits per heavy atom. The predicted octanol–water partition coefficient (Wildman–Crippen LogP) is 8.17. The summed E-state index contributed by atoms with van der Waals surface area (Å²) in [5, 5.41) is 3.46. The summed E-state index contributed by atoms with van der Waals surface area (Å²) in [5.41, 5.74) is 5.14. The molecule has 0 unspecified atom stereocenters. The lowest BCUT2D eigenvalue weighted by Crippen LogP contribution is -2.10. The molecule has 6 heteroatoms. The van der Waals surface area contributed by atoms with Crippen LogP contribution in [0.4, 0.5) is 5.69 Å². The van der Waals surface area contributed by atoms with E-state index < -0.39 is 0 Å². The van der Waals surface area contributed by atoms with E-state index in [9.17, 15) is 4.79 Å². The van der Waals surface area contributed by atoms with Crippen LogP contribution in [0.3, 0.4) is 0 Å². The Bertz CT molecular complexity index is 1470. The summed E-state index contributed by atoms with van der Waals surface area (Å²) in [7, 11) is 0. The Kier molecular flexibility index (Phi) is 5.95. The van der Waals surface area contributed by atoms with E-state index in [4.69, 9.17) is 20.4 Å². The van der Waals surface area contributed by atoms with Crippen molar-refractivity contribution >= 4 is 34.3 Å². The molecule has 0 spiro atoms. The quantitative estimate of drug-likeness (QED) is 0.271. The van der Waals surface area contributed by atoms with Gasteiger partial charge in [-0.15, -0.1) is 0 Å². The first-order valence-electron chi connectivity index (χ1n) is 11.2. The van der Waals surface area contributed by atoms with Crippen LogP contribution in [0.25, 0.3) is 33.9 Å². The zero-order chi connectivity index (χ0) is 23.7. The molecule has 2 aromatic heterocycles. The van der Waals surface area contributed by atoms with Crippen molar-refractivity contribution in [2.24, 2.45) is 0 Å². The zero-order valence-electron chi connectivity index (χ0n) is 18.8. The van der Waals surface area contributed by atoms with Crippen LogP contribution in [0.1, 0.15) is 42.3 Å². The van der Waals surface area contributed by atoms with Gasteiger partial charge in [0.2, 0.25) is 5.89 Å². The Balaban J connectivity index is 1.30. The topological polar surface area (TPSA) is 68.3 Å². The third-order valence-electron chi connectivity index (χ3n) is 5.92. The molecule has 5 nitrogen and oxygen atoms in total. The second kappa shape index (κ2) is 9.20. The number of carbonyl (C=O) groups is 1. The molecule has 170 valence electrons. The van der Waals surface area contributed by atoms with Crippen molar-refractivity contribution in [2.45, 2.75) is 26.2 Å². The molecule has 0 aliphatic carbocycles. The fourth-order valence-electron chi connectivity index (χ4n) is 3.76. The van der Waals surface area contributed by atoms with Gasteiger partial charge in [-0.25, -0.2) is 4.98 Å². The number of benzene rings is 3. The third kappa shape index (κ3) is 4.47. The predicted molar refractivity (Wildman–Crippen MR) is 135 cm³/mol. The SMILES string of the molecule is CC[C@@H](C)c1ccc2oc(-c3ccc(NC(=O)c4ccc(-c5cccc(Cl)c5)o4)cc3)nc2c1. The zero-order valence-corrected chi connectivity index (χ0v) is 19.6. The number of furan rings is 1. The molecule has 1 N–H and O–H groups in total. The lowest BCUT2D eigenvalue weighted by atomic mass is 9.98. The molecule has 1 atom stereocenters. The highest BCUT2D eigenvalue weighted by molar-refractivity contribution is 6.30. The number of nitrogens with one attached hydrogen (secondary N) is 1. The van der Waals surface area contributed by atoms with Crippen LogP contribution in [-0.4, -0.2) is 10.9 Å². The molecule has 5 rings (SSSR count). The minimum Gasteiger partial charge on any atom is -0.451 e. The molecular weight excluding hydrogens is 448 g/mol. The molecular formula is C28H23ClN2O3. The van der Waals surface area contributed by atoms with Gasteiger partial charge in [0.15, 0.2) is 11.3 Å². The molecule has 0 saturated heterocycles. The van der Waals surface area contributed by atoms with Gasteiger partial charge in [0, 0.05) is 21.8 Å². The van der Waals surface area contributed by atoms with Gasteiger partial charge in [-0.2, -0.15) is 0 Å². The summed E-state index contributed by atoms with van der Waals surface area (Å²) >= 11 is 6.04. The van der Waals surface area contributed by atoms with E-state index in [0.717, 1.165) is 28.6 Å². The molecule has 34 heavy (non-hydrogen) atoms. The molecule has 0 radical (unpaired) electrons. The van der Waals surface area contributed by atoms with E-state index in [1.807, 2.05) is 42.5 Å². The van der Waals surface area contributed by atoms with Gasteiger partial charge in [-0.05, 0) is 78.6 Å². The summed E-state index contributed by atoms with van der Waals surface area (Å²) in [4.78, 5) is 17.3. The van der Waals surface area contributed by atoms with Crippen molar-refractivity contribution in [1.29, 1.82) is 0 Å². The molecule has 0 bridgehead atoms. The number of nitrogens with zero attached hydrogens (tertiary/aromatic N) is 1. The van der Waals surface area contributed by atoms with Gasteiger partial charge in [-0.3, -0.25) is 4.79 Å². The van der Waals surface area contributed by atoms with Crippen molar-refractivity contribution in [2.75, 3.05) is 5.32 Å². The monoisotopic (exact) mass is 470 g/mol. The van der Waals surface area contributed by atoms with E-state index >= 15 is 0 Å². The first-order chi connectivity index (χ1) is 16.5. The standard InChI is InChI=1S/C28H23ClN2O3/c1-3-17(2)19-9-12-25-23(16-19)31-28(34-25)18-7-10-22(11-8-18)30-27(32)26-14-13-24(33-26)20-5-4-6-21(29)15-20/h4-17H,3H2,1-2H3,(H,30,32)/t17-/m1/s1. The first-order valence-corrected chi connectivity index (χ1v) is 11.6. The van der Waals surface area contributed by atoms with E-state index in [1.54, 1.807) is 24.3 Å². The lowest BCUT2D eigenvalue weighted by Gasteiger charge is -2.07. The average molecular weight is 471 g/mol. The number of hydrogen-bond acceptors (Lipinski definition) is 4. The number of aromatic nitrogens is 1. The maximum atomic E-state index is 12.6. The largest absolute Gasteiger partial charge is 0.451 e. The van der Waals surface area contributed by atoms with Gasteiger partial charge < -0.3 is 14.2 Å². The second-order valence-electron chi connectivity index (χ2n) is 8.26. The van der Waals surface area contributed by atoms with Crippen LogP contribution >= 0.6 is 11.6 Å². The number of carbonyl (C=O) groups excluding carboxylic acids is 1. The summed E-state index contributed by atoms with van der Waals surface area (Å²) in [6.07, 6.45) is 1.07. The van der Waals surface area contributed by atoms with Crippen molar-refractivity contribution in [3.8, 4) is 22.8 Å². The normalized spacial score (nSPS) is 12.1. The smallest absolute Gasteiger partial charge is 0.291 e. The Hall–Kier alpha value is -3.83. The summed E-state index contributed by atoms with van der Waals surface area (Å²) < 4.78 is 11.7. The van der Waals surface area contributed by atoms with Crippen LogP contribution in [0.2, 0.25) is 5.02 Å². The van der Waals surface area contributed by atoms with Crippen molar-refractivity contribution in [1.82, 2.24) is 4.98 Å². The lowest BCUT2D eigenvalue weighted by molar-refractivity contribution is 0.0997. The van der Waals surface area contributed by atoms with Crippen molar-refractivity contribution in [3.63, 3.8) is 0 Å². The number of rotatable bonds is 6. The number of halogens is 1. The molecule has 0 saturated carbocycles. The highest BCUT2D eigenvalue weighted by atomic mass is 35.5. The maximum absolute atomic E-state index is 12.6. The summed E-state index contributed by atoms with van der Waals surface area (Å²) in [5.74, 6) is 1.49. The highest BCUT2D eigenvalue weighted by Crippen LogP contribution is 2.29. The minimum absolute atomic E-state index is 0.218. The number of hydrogen-bond donors (Lipinski definition) is 1. The van der Waals surface area contributed by atoms with Gasteiger partial charge in [0.1, 0.15) is 11.3 Å². The van der Waals surface area contributed by atoms with Crippen LogP contribution < -0.4 is 5.32 Å². The number of anilines is 1. The molecule has 0 aliphatic rings. The Morgan fingerprint density at radius 3 is 2.56 bits per heavy atom. The van der Waals surface area contributed by atoms with Crippen LogP contribution in [-0.2, 0) is 0 Å². The molecule has 1 amide bonds. The van der Waals surface area contributed by atoms with Crippen LogP contribution in [0.5, 0.6) is 0 Å². The number of amides is 1. The number of oxazole rings is 1. The summed E-state index contributed by atoms with van der Waals surface area (Å²) in [6.45, 7) is 4.38. The highest BCUT2D eigenvalue weighted by Gasteiger charge is 2.14. The Morgan fingerprint density at radius 2 is 1.79 bits per heavy atom. The number of fused-ring (bicyclic) bond motifs is 1. The van der Waals surface area contributed by atoms with Gasteiger partial charge in [0.25, 0.3) is 5.91 Å². The second-order valence-corrected chi connectivity index (χ2v) is 8.70. The van der Waals surface area contributed by atoms with E-state index in [1.165, 1.54) is 5.56 Å². The van der Waals surface area contributed by atoms with Crippen LogP contribution in [0.15, 0.2) is 87.7 Å². The average Bonchev–Trinajstić information content (AvgIpc) is 3.51. The van der Waals surface area contributed by atoms with Crippen LogP contribution in [0, 0.1) is 0 Å². The maximum Gasteiger partial charge on any atom is 0.291 e. The molecule has 0 fully saturated rings. The molecule has 3 aromatic carbocycles. The third-order valence-corrected chi connectivity index (χ3v) is 6.16. The Labute approximate surface area is 202 Å². The van der Waals surface area contributed by atoms with E-state index in [-0.39, 0.29) is 11.7 Å². The van der Waals surface area contributed by atoms with Gasteiger partial charge in [-0.1, -0.05) is 43.6 Å². The molecule has 2 heterocycles. The molecule has 0 aliphatic heterocycles. The van der Waals surface area contributed by atoms with Gasteiger partial charge >= 0.3 is 0 Å². The fourth-order valence-corrected chi connectivity index (χ4v) is 3.95. The minimum atomic E-state index is -0.333. The summed E-state index contributed by atoms with van der Waals surface area (Å²) in [6, 6.07) is 24.2.